The molecule has 0 amide bonds. The number of rotatable bonds is 4. The quantitative estimate of drug-likeness (QED) is 0.861. The van der Waals surface area contributed by atoms with E-state index < -0.39 is 11.9 Å². The molecule has 1 aromatic carbocycles. The molecular weight excluding hydrogens is 248 g/mol. The van der Waals surface area contributed by atoms with E-state index in [-0.39, 0.29) is 17.5 Å². The third kappa shape index (κ3) is 2.92. The first-order chi connectivity index (χ1) is 9.08. The van der Waals surface area contributed by atoms with Gasteiger partial charge in [0.1, 0.15) is 0 Å². The summed E-state index contributed by atoms with van der Waals surface area (Å²) in [5.41, 5.74) is 1.02. The van der Waals surface area contributed by atoms with Gasteiger partial charge in [0.15, 0.2) is 0 Å². The highest BCUT2D eigenvalue weighted by molar-refractivity contribution is 5.94. The van der Waals surface area contributed by atoms with E-state index in [4.69, 9.17) is 10.2 Å². The Morgan fingerprint density at radius 3 is 2.47 bits per heavy atom. The van der Waals surface area contributed by atoms with Crippen LogP contribution in [-0.2, 0) is 6.42 Å². The fraction of sp³-hybridized carbons (Fsp3) is 0.0769. The second-order valence-corrected chi connectivity index (χ2v) is 3.86. The summed E-state index contributed by atoms with van der Waals surface area (Å²) in [7, 11) is 0. The number of carboxylic acids is 2. The third-order valence-corrected chi connectivity index (χ3v) is 2.58. The number of hydrogen-bond acceptors (Lipinski definition) is 4. The summed E-state index contributed by atoms with van der Waals surface area (Å²) in [6, 6.07) is 4.01. The zero-order chi connectivity index (χ0) is 13.8. The molecule has 19 heavy (non-hydrogen) atoms. The summed E-state index contributed by atoms with van der Waals surface area (Å²) < 4.78 is 0. The molecule has 96 valence electrons. The number of benzene rings is 1. The number of aromatic carboxylic acids is 2. The van der Waals surface area contributed by atoms with E-state index in [1.165, 1.54) is 30.7 Å². The van der Waals surface area contributed by atoms with Gasteiger partial charge in [-0.25, -0.2) is 9.59 Å². The van der Waals surface area contributed by atoms with E-state index in [1.807, 2.05) is 0 Å². The molecule has 2 N–H and O–H groups in total. The van der Waals surface area contributed by atoms with E-state index in [2.05, 4.69) is 9.97 Å². The molecule has 0 saturated heterocycles. The Kier molecular flexibility index (Phi) is 3.51. The van der Waals surface area contributed by atoms with Crippen LogP contribution in [0.3, 0.4) is 0 Å². The molecule has 0 aliphatic rings. The van der Waals surface area contributed by atoms with Gasteiger partial charge in [-0.1, -0.05) is 6.07 Å². The van der Waals surface area contributed by atoms with Crippen molar-refractivity contribution in [1.29, 1.82) is 0 Å². The maximum absolute atomic E-state index is 11.2. The minimum atomic E-state index is -1.16. The van der Waals surface area contributed by atoms with Crippen LogP contribution >= 0.6 is 0 Å². The Labute approximate surface area is 108 Å². The van der Waals surface area contributed by atoms with Crippen LogP contribution < -0.4 is 0 Å². The Morgan fingerprint density at radius 1 is 1.11 bits per heavy atom. The largest absolute Gasteiger partial charge is 0.478 e. The SMILES string of the molecule is O=C(O)c1ccc(Cc2cnccn2)c(C(=O)O)c1. The molecule has 0 atom stereocenters. The van der Waals surface area contributed by atoms with Gasteiger partial charge in [0.2, 0.25) is 0 Å². The maximum Gasteiger partial charge on any atom is 0.336 e. The lowest BCUT2D eigenvalue weighted by molar-refractivity contribution is 0.0695. The maximum atomic E-state index is 11.2. The highest BCUT2D eigenvalue weighted by Crippen LogP contribution is 2.15. The predicted octanol–water partition coefficient (Wildman–Crippen LogP) is 1.46. The molecule has 0 aliphatic heterocycles. The average Bonchev–Trinajstić information content (AvgIpc) is 2.39. The Balaban J connectivity index is 2.40. The Morgan fingerprint density at radius 2 is 1.89 bits per heavy atom. The number of carboxylic acid groups (broad SMARTS) is 2. The van der Waals surface area contributed by atoms with Crippen molar-refractivity contribution in [3.63, 3.8) is 0 Å². The number of nitrogens with zero attached hydrogens (tertiary/aromatic N) is 2. The Bertz CT molecular complexity index is 626. The van der Waals surface area contributed by atoms with Crippen LogP contribution in [0.4, 0.5) is 0 Å². The van der Waals surface area contributed by atoms with Gasteiger partial charge in [-0.15, -0.1) is 0 Å². The van der Waals surface area contributed by atoms with Crippen molar-refractivity contribution in [2.75, 3.05) is 0 Å². The third-order valence-electron chi connectivity index (χ3n) is 2.58. The van der Waals surface area contributed by atoms with Crippen LogP contribution in [0.5, 0.6) is 0 Å². The first-order valence-electron chi connectivity index (χ1n) is 5.42. The fourth-order valence-electron chi connectivity index (χ4n) is 1.68. The van der Waals surface area contributed by atoms with Gasteiger partial charge in [-0.2, -0.15) is 0 Å². The molecule has 0 aliphatic carbocycles. The minimum absolute atomic E-state index is 0.0365. The lowest BCUT2D eigenvalue weighted by Gasteiger charge is -2.06. The van der Waals surface area contributed by atoms with Crippen molar-refractivity contribution < 1.29 is 19.8 Å². The van der Waals surface area contributed by atoms with Gasteiger partial charge in [-0.3, -0.25) is 9.97 Å². The summed E-state index contributed by atoms with van der Waals surface area (Å²) >= 11 is 0. The van der Waals surface area contributed by atoms with Gasteiger partial charge in [0.25, 0.3) is 0 Å². The second-order valence-electron chi connectivity index (χ2n) is 3.86. The monoisotopic (exact) mass is 258 g/mol. The molecule has 0 bridgehead atoms. The van der Waals surface area contributed by atoms with Crippen molar-refractivity contribution in [3.05, 3.63) is 59.2 Å². The summed E-state index contributed by atoms with van der Waals surface area (Å²) in [6.07, 6.45) is 4.86. The van der Waals surface area contributed by atoms with E-state index in [0.717, 1.165) is 6.07 Å². The highest BCUT2D eigenvalue weighted by Gasteiger charge is 2.14. The Hall–Kier alpha value is -2.76. The molecule has 0 unspecified atom stereocenters. The molecule has 0 spiro atoms. The topological polar surface area (TPSA) is 100 Å². The minimum Gasteiger partial charge on any atom is -0.478 e. The molecule has 2 aromatic rings. The summed E-state index contributed by atoms with van der Waals surface area (Å²) in [5.74, 6) is -2.32. The van der Waals surface area contributed by atoms with Crippen molar-refractivity contribution in [2.24, 2.45) is 0 Å². The second kappa shape index (κ2) is 5.26. The summed E-state index contributed by atoms with van der Waals surface area (Å²) in [6.45, 7) is 0. The average molecular weight is 258 g/mol. The lowest BCUT2D eigenvalue weighted by atomic mass is 10.00. The zero-order valence-corrected chi connectivity index (χ0v) is 9.78. The van der Waals surface area contributed by atoms with Crippen LogP contribution in [0.15, 0.2) is 36.8 Å². The summed E-state index contributed by atoms with van der Waals surface area (Å²) in [4.78, 5) is 29.9. The van der Waals surface area contributed by atoms with Crippen molar-refractivity contribution in [2.45, 2.75) is 6.42 Å². The van der Waals surface area contributed by atoms with Gasteiger partial charge in [-0.05, 0) is 17.7 Å². The van der Waals surface area contributed by atoms with Crippen molar-refractivity contribution >= 4 is 11.9 Å². The summed E-state index contributed by atoms with van der Waals surface area (Å²) in [5, 5.41) is 18.0. The van der Waals surface area contributed by atoms with E-state index in [1.54, 1.807) is 0 Å². The van der Waals surface area contributed by atoms with Gasteiger partial charge < -0.3 is 10.2 Å². The smallest absolute Gasteiger partial charge is 0.336 e. The van der Waals surface area contributed by atoms with E-state index in [0.29, 0.717) is 11.3 Å². The van der Waals surface area contributed by atoms with Crippen LogP contribution in [0, 0.1) is 0 Å². The molecule has 6 nitrogen and oxygen atoms in total. The molecule has 2 rings (SSSR count). The molecule has 1 aromatic heterocycles. The number of carbonyl (C=O) groups is 2. The van der Waals surface area contributed by atoms with Gasteiger partial charge in [0.05, 0.1) is 16.8 Å². The van der Waals surface area contributed by atoms with E-state index in [9.17, 15) is 9.59 Å². The highest BCUT2D eigenvalue weighted by atomic mass is 16.4. The first-order valence-corrected chi connectivity index (χ1v) is 5.42. The standard InChI is InChI=1S/C13H10N2O4/c16-12(17)9-2-1-8(11(6-9)13(18)19)5-10-7-14-3-4-15-10/h1-4,6-7H,5H2,(H,16,17)(H,18,19). The van der Waals surface area contributed by atoms with Crippen LogP contribution in [0.25, 0.3) is 0 Å². The normalized spacial score (nSPS) is 10.1. The fourth-order valence-corrected chi connectivity index (χ4v) is 1.68. The van der Waals surface area contributed by atoms with Gasteiger partial charge in [0, 0.05) is 25.0 Å². The molecule has 0 radical (unpaired) electrons. The first kappa shape index (κ1) is 12.7. The molecular formula is C13H10N2O4. The van der Waals surface area contributed by atoms with E-state index >= 15 is 0 Å². The van der Waals surface area contributed by atoms with Gasteiger partial charge >= 0.3 is 11.9 Å². The lowest BCUT2D eigenvalue weighted by Crippen LogP contribution is -2.07. The molecule has 6 heteroatoms. The van der Waals surface area contributed by atoms with Crippen LogP contribution in [-0.4, -0.2) is 32.1 Å². The predicted molar refractivity (Wildman–Crippen MR) is 65.2 cm³/mol. The zero-order valence-electron chi connectivity index (χ0n) is 9.78. The molecule has 0 fully saturated rings. The molecule has 1 heterocycles. The van der Waals surface area contributed by atoms with Crippen molar-refractivity contribution in [3.8, 4) is 0 Å². The van der Waals surface area contributed by atoms with Crippen LogP contribution in [0.2, 0.25) is 0 Å². The van der Waals surface area contributed by atoms with Crippen molar-refractivity contribution in [1.82, 2.24) is 9.97 Å². The molecule has 0 saturated carbocycles. The van der Waals surface area contributed by atoms with Crippen LogP contribution in [0.1, 0.15) is 32.0 Å². The number of hydrogen-bond donors (Lipinski definition) is 2. The number of aromatic nitrogens is 2.